The van der Waals surface area contributed by atoms with Crippen molar-refractivity contribution in [1.29, 1.82) is 0 Å². The first-order valence-corrected chi connectivity index (χ1v) is 13.2. The van der Waals surface area contributed by atoms with Gasteiger partial charge in [-0.05, 0) is 111 Å². The van der Waals surface area contributed by atoms with Gasteiger partial charge in [0.25, 0.3) is 0 Å². The van der Waals surface area contributed by atoms with Crippen LogP contribution in [0.1, 0.15) is 106 Å². The van der Waals surface area contributed by atoms with Gasteiger partial charge in [-0.15, -0.1) is 0 Å². The van der Waals surface area contributed by atoms with E-state index in [0.717, 1.165) is 24.2 Å². The summed E-state index contributed by atoms with van der Waals surface area (Å²) in [5, 5.41) is 10.5. The van der Waals surface area contributed by atoms with Crippen LogP contribution in [0.3, 0.4) is 0 Å². The van der Waals surface area contributed by atoms with E-state index < -0.39 is 0 Å². The highest BCUT2D eigenvalue weighted by molar-refractivity contribution is 5.34. The number of hydrogen-bond donors (Lipinski definition) is 1. The summed E-state index contributed by atoms with van der Waals surface area (Å²) < 4.78 is 0. The van der Waals surface area contributed by atoms with E-state index in [1.54, 1.807) is 0 Å². The summed E-state index contributed by atoms with van der Waals surface area (Å²) in [4.78, 5) is 0. The second-order valence-corrected chi connectivity index (χ2v) is 12.6. The predicted molar refractivity (Wildman–Crippen MR) is 128 cm³/mol. The van der Waals surface area contributed by atoms with Crippen LogP contribution in [0, 0.1) is 46.3 Å². The lowest BCUT2D eigenvalue weighted by molar-refractivity contribution is -0.0336. The molecule has 4 aliphatic carbocycles. The van der Waals surface area contributed by atoms with E-state index in [2.05, 4.69) is 48.1 Å². The zero-order valence-corrected chi connectivity index (χ0v) is 20.8. The fraction of sp³-hybridized carbons (Fsp3) is 0.862. The highest BCUT2D eigenvalue weighted by Crippen LogP contribution is 2.66. The number of fused-ring (bicyclic) bond motifs is 4. The van der Waals surface area contributed by atoms with E-state index >= 15 is 0 Å². The quantitative estimate of drug-likeness (QED) is 0.454. The zero-order chi connectivity index (χ0) is 21.8. The largest absolute Gasteiger partial charge is 0.393 e. The van der Waals surface area contributed by atoms with E-state index in [0.29, 0.717) is 28.6 Å². The Labute approximate surface area is 186 Å². The molecule has 4 aliphatic rings. The van der Waals surface area contributed by atoms with Crippen LogP contribution >= 0.6 is 0 Å². The molecule has 0 heterocycles. The molecular formula is C29H48O. The standard InChI is InChI=1S/C29H48O/c1-18(2)19(3)8-9-20(4)23-12-13-25-22-10-11-24-21(5)27(30)15-17-29(24,7)26(22)14-16-28(23,25)6/h18,20-21,23-25,27,30H,3,8-17H2,1-2,4-7H3/t20?,21-,23?,24-,25+,27-,28+,29-/m0/s1. The molecular weight excluding hydrogens is 364 g/mol. The van der Waals surface area contributed by atoms with Gasteiger partial charge >= 0.3 is 0 Å². The summed E-state index contributed by atoms with van der Waals surface area (Å²) in [7, 11) is 0. The van der Waals surface area contributed by atoms with Gasteiger partial charge < -0.3 is 5.11 Å². The van der Waals surface area contributed by atoms with Crippen LogP contribution in [-0.2, 0) is 0 Å². The SMILES string of the molecule is C=C(CCC(C)C1CC[C@@H]2C3=C(CC[C@]12C)[C@@]1(C)CC[C@H](O)[C@@H](C)[C@@H]1CC3)C(C)C. The monoisotopic (exact) mass is 412 g/mol. The normalized spacial score (nSPS) is 44.5. The molecule has 0 radical (unpaired) electrons. The molecule has 2 fully saturated rings. The molecule has 1 nitrogen and oxygen atoms in total. The third-order valence-corrected chi connectivity index (χ3v) is 11.0. The maximum Gasteiger partial charge on any atom is 0.0569 e. The Kier molecular flexibility index (Phi) is 6.10. The van der Waals surface area contributed by atoms with Crippen molar-refractivity contribution < 1.29 is 5.11 Å². The Morgan fingerprint density at radius 1 is 1.07 bits per heavy atom. The summed E-state index contributed by atoms with van der Waals surface area (Å²) in [5.41, 5.74) is 6.08. The first-order chi connectivity index (χ1) is 14.1. The van der Waals surface area contributed by atoms with Crippen LogP contribution in [0.5, 0.6) is 0 Å². The van der Waals surface area contributed by atoms with Crippen LogP contribution in [0.4, 0.5) is 0 Å². The number of rotatable bonds is 5. The average molecular weight is 413 g/mol. The Morgan fingerprint density at radius 3 is 2.50 bits per heavy atom. The zero-order valence-electron chi connectivity index (χ0n) is 20.8. The lowest BCUT2D eigenvalue weighted by Gasteiger charge is -2.56. The van der Waals surface area contributed by atoms with Crippen LogP contribution in [0.15, 0.2) is 23.3 Å². The Bertz CT molecular complexity index is 701. The van der Waals surface area contributed by atoms with Crippen molar-refractivity contribution in [2.75, 3.05) is 0 Å². The third-order valence-electron chi connectivity index (χ3n) is 11.0. The molecule has 2 unspecified atom stereocenters. The fourth-order valence-electron chi connectivity index (χ4n) is 8.79. The Morgan fingerprint density at radius 2 is 1.80 bits per heavy atom. The molecule has 0 spiro atoms. The molecule has 0 bridgehead atoms. The van der Waals surface area contributed by atoms with E-state index in [1.165, 1.54) is 63.4 Å². The van der Waals surface area contributed by atoms with Gasteiger partial charge in [0.2, 0.25) is 0 Å². The van der Waals surface area contributed by atoms with Crippen LogP contribution in [0.2, 0.25) is 0 Å². The van der Waals surface area contributed by atoms with E-state index in [-0.39, 0.29) is 6.10 Å². The lowest BCUT2D eigenvalue weighted by atomic mass is 9.49. The van der Waals surface area contributed by atoms with Crippen molar-refractivity contribution in [2.24, 2.45) is 46.3 Å². The first-order valence-electron chi connectivity index (χ1n) is 13.2. The van der Waals surface area contributed by atoms with Crippen molar-refractivity contribution in [3.63, 3.8) is 0 Å². The van der Waals surface area contributed by atoms with Crippen molar-refractivity contribution in [1.82, 2.24) is 0 Å². The number of aliphatic hydroxyl groups is 1. The van der Waals surface area contributed by atoms with Crippen molar-refractivity contribution >= 4 is 0 Å². The van der Waals surface area contributed by atoms with Gasteiger partial charge in [0.15, 0.2) is 0 Å². The topological polar surface area (TPSA) is 20.2 Å². The third kappa shape index (κ3) is 3.46. The molecule has 1 heteroatoms. The minimum Gasteiger partial charge on any atom is -0.393 e. The van der Waals surface area contributed by atoms with Crippen molar-refractivity contribution in [3.8, 4) is 0 Å². The molecule has 0 aromatic rings. The van der Waals surface area contributed by atoms with Gasteiger partial charge in [0, 0.05) is 0 Å². The number of allylic oxidation sites excluding steroid dienone is 3. The molecule has 30 heavy (non-hydrogen) atoms. The fourth-order valence-corrected chi connectivity index (χ4v) is 8.79. The van der Waals surface area contributed by atoms with Crippen LogP contribution in [-0.4, -0.2) is 11.2 Å². The number of aliphatic hydroxyl groups excluding tert-OH is 1. The molecule has 8 atom stereocenters. The summed E-state index contributed by atoms with van der Waals surface area (Å²) in [6, 6.07) is 0. The molecule has 1 N–H and O–H groups in total. The highest BCUT2D eigenvalue weighted by Gasteiger charge is 2.56. The van der Waals surface area contributed by atoms with Gasteiger partial charge in [-0.2, -0.15) is 0 Å². The minimum absolute atomic E-state index is 0.0728. The molecule has 4 rings (SSSR count). The van der Waals surface area contributed by atoms with Crippen molar-refractivity contribution in [3.05, 3.63) is 23.3 Å². The maximum absolute atomic E-state index is 10.5. The molecule has 0 aromatic heterocycles. The minimum atomic E-state index is -0.0728. The van der Waals surface area contributed by atoms with Gasteiger partial charge in [-0.25, -0.2) is 0 Å². The van der Waals surface area contributed by atoms with Gasteiger partial charge in [0.1, 0.15) is 0 Å². The highest BCUT2D eigenvalue weighted by atomic mass is 16.3. The van der Waals surface area contributed by atoms with E-state index in [9.17, 15) is 5.11 Å². The summed E-state index contributed by atoms with van der Waals surface area (Å²) in [5.74, 6) is 4.32. The second kappa shape index (κ2) is 8.09. The lowest BCUT2D eigenvalue weighted by Crippen LogP contribution is -2.49. The molecule has 0 saturated heterocycles. The Hall–Kier alpha value is -0.560. The van der Waals surface area contributed by atoms with Gasteiger partial charge in [-0.1, -0.05) is 64.8 Å². The van der Waals surface area contributed by atoms with Crippen molar-refractivity contribution in [2.45, 2.75) is 112 Å². The molecule has 170 valence electrons. The average Bonchev–Trinajstić information content (AvgIpc) is 3.06. The molecule has 0 aromatic carbocycles. The molecule has 2 saturated carbocycles. The van der Waals surface area contributed by atoms with Gasteiger partial charge in [0.05, 0.1) is 6.10 Å². The summed E-state index contributed by atoms with van der Waals surface area (Å²) >= 11 is 0. The summed E-state index contributed by atoms with van der Waals surface area (Å²) in [6.45, 7) is 19.0. The van der Waals surface area contributed by atoms with Crippen LogP contribution < -0.4 is 0 Å². The molecule has 0 aliphatic heterocycles. The number of hydrogen-bond acceptors (Lipinski definition) is 1. The van der Waals surface area contributed by atoms with Crippen LogP contribution in [0.25, 0.3) is 0 Å². The molecule has 0 amide bonds. The van der Waals surface area contributed by atoms with E-state index in [4.69, 9.17) is 0 Å². The van der Waals surface area contributed by atoms with Gasteiger partial charge in [-0.3, -0.25) is 0 Å². The Balaban J connectivity index is 1.54. The summed E-state index contributed by atoms with van der Waals surface area (Å²) in [6.07, 6.45) is 12.9. The predicted octanol–water partition coefficient (Wildman–Crippen LogP) is 7.94. The smallest absolute Gasteiger partial charge is 0.0569 e. The second-order valence-electron chi connectivity index (χ2n) is 12.6. The van der Waals surface area contributed by atoms with E-state index in [1.807, 2.05) is 11.1 Å². The first kappa shape index (κ1) is 22.6. The maximum atomic E-state index is 10.5.